The maximum absolute atomic E-state index is 12.7. The lowest BCUT2D eigenvalue weighted by Gasteiger charge is -2.31. The molecule has 0 unspecified atom stereocenters. The summed E-state index contributed by atoms with van der Waals surface area (Å²) in [5, 5.41) is 11.8. The van der Waals surface area contributed by atoms with Crippen LogP contribution in [-0.4, -0.2) is 29.8 Å². The molecule has 0 heterocycles. The Balaban J connectivity index is 3.33. The summed E-state index contributed by atoms with van der Waals surface area (Å²) in [7, 11) is 0. The summed E-state index contributed by atoms with van der Waals surface area (Å²) in [6.45, 7) is 2.10. The predicted octanol–water partition coefficient (Wildman–Crippen LogP) is 3.21. The van der Waals surface area contributed by atoms with Crippen LogP contribution in [0.2, 0.25) is 5.02 Å². The lowest BCUT2D eigenvalue weighted by Crippen LogP contribution is -2.40. The van der Waals surface area contributed by atoms with Gasteiger partial charge >= 0.3 is 6.18 Å². The fraction of sp³-hybridized carbons (Fsp3) is 0.417. The van der Waals surface area contributed by atoms with Crippen LogP contribution in [0.15, 0.2) is 23.4 Å². The van der Waals surface area contributed by atoms with E-state index in [9.17, 15) is 13.2 Å². The van der Waals surface area contributed by atoms with Gasteiger partial charge in [0.15, 0.2) is 5.84 Å². The predicted molar refractivity (Wildman–Crippen MR) is 72.5 cm³/mol. The fourth-order valence-corrected chi connectivity index (χ4v) is 1.93. The zero-order valence-corrected chi connectivity index (χ0v) is 11.7. The first-order chi connectivity index (χ1) is 9.15. The average Bonchev–Trinajstić information content (AvgIpc) is 2.34. The zero-order valence-electron chi connectivity index (χ0n) is 10.9. The van der Waals surface area contributed by atoms with Gasteiger partial charge < -0.3 is 15.8 Å². The molecule has 0 fully saturated rings. The highest BCUT2D eigenvalue weighted by Gasteiger charge is 2.33. The number of benzene rings is 1. The van der Waals surface area contributed by atoms with Crippen LogP contribution in [0.3, 0.4) is 0 Å². The lowest BCUT2D eigenvalue weighted by molar-refractivity contribution is -0.120. The van der Waals surface area contributed by atoms with Crippen LogP contribution in [0.4, 0.5) is 18.9 Å². The minimum Gasteiger partial charge on any atom is -0.409 e. The van der Waals surface area contributed by atoms with Gasteiger partial charge in [0.2, 0.25) is 0 Å². The smallest absolute Gasteiger partial charge is 0.405 e. The maximum Gasteiger partial charge on any atom is 0.405 e. The summed E-state index contributed by atoms with van der Waals surface area (Å²) in [5.41, 5.74) is 5.86. The molecule has 0 saturated carbocycles. The summed E-state index contributed by atoms with van der Waals surface area (Å²) in [6, 6.07) is 3.80. The Labute approximate surface area is 119 Å². The van der Waals surface area contributed by atoms with E-state index in [0.29, 0.717) is 0 Å². The normalized spacial score (nSPS) is 12.8. The molecule has 0 aromatic heterocycles. The van der Waals surface area contributed by atoms with Crippen molar-refractivity contribution >= 4 is 23.1 Å². The van der Waals surface area contributed by atoms with Gasteiger partial charge in [-0.1, -0.05) is 16.8 Å². The molecule has 4 nitrogen and oxygen atoms in total. The average molecular weight is 310 g/mol. The topological polar surface area (TPSA) is 61.8 Å². The van der Waals surface area contributed by atoms with Crippen molar-refractivity contribution in [2.75, 3.05) is 11.4 Å². The minimum atomic E-state index is -4.37. The van der Waals surface area contributed by atoms with Crippen LogP contribution >= 0.6 is 11.6 Å². The molecular weight excluding hydrogens is 295 g/mol. The molecule has 8 heteroatoms. The van der Waals surface area contributed by atoms with Gasteiger partial charge in [-0.2, -0.15) is 13.2 Å². The number of rotatable bonds is 4. The molecule has 20 heavy (non-hydrogen) atoms. The summed E-state index contributed by atoms with van der Waals surface area (Å²) in [4.78, 5) is 1.11. The third kappa shape index (κ3) is 4.19. The number of anilines is 1. The van der Waals surface area contributed by atoms with Crippen molar-refractivity contribution in [3.05, 3.63) is 28.8 Å². The second kappa shape index (κ2) is 6.21. The molecule has 0 aliphatic carbocycles. The van der Waals surface area contributed by atoms with E-state index in [1.54, 1.807) is 13.8 Å². The van der Waals surface area contributed by atoms with Gasteiger partial charge in [-0.25, -0.2) is 0 Å². The Bertz CT molecular complexity index is 503. The van der Waals surface area contributed by atoms with Crippen molar-refractivity contribution in [1.29, 1.82) is 0 Å². The SMILES string of the molecule is CC(C)N(CC(F)(F)F)c1ccc(Cl)cc1C(N)=NO. The fourth-order valence-electron chi connectivity index (χ4n) is 1.76. The van der Waals surface area contributed by atoms with Crippen LogP contribution < -0.4 is 10.6 Å². The van der Waals surface area contributed by atoms with Gasteiger partial charge in [0.25, 0.3) is 0 Å². The van der Waals surface area contributed by atoms with Crippen molar-refractivity contribution in [3.8, 4) is 0 Å². The van der Waals surface area contributed by atoms with Crippen molar-refractivity contribution in [2.45, 2.75) is 26.1 Å². The minimum absolute atomic E-state index is 0.151. The quantitative estimate of drug-likeness (QED) is 0.388. The van der Waals surface area contributed by atoms with Crippen LogP contribution in [0.5, 0.6) is 0 Å². The first kappa shape index (κ1) is 16.4. The number of hydrogen-bond donors (Lipinski definition) is 2. The van der Waals surface area contributed by atoms with E-state index >= 15 is 0 Å². The van der Waals surface area contributed by atoms with Crippen molar-refractivity contribution in [3.63, 3.8) is 0 Å². The van der Waals surface area contributed by atoms with Crippen molar-refractivity contribution in [2.24, 2.45) is 10.9 Å². The molecule has 112 valence electrons. The van der Waals surface area contributed by atoms with Gasteiger partial charge in [-0.05, 0) is 32.0 Å². The monoisotopic (exact) mass is 309 g/mol. The third-order valence-electron chi connectivity index (χ3n) is 2.62. The summed E-state index contributed by atoms with van der Waals surface area (Å²) < 4.78 is 38.0. The molecule has 0 bridgehead atoms. The highest BCUT2D eigenvalue weighted by atomic mass is 35.5. The van der Waals surface area contributed by atoms with E-state index in [4.69, 9.17) is 22.5 Å². The molecule has 0 radical (unpaired) electrons. The van der Waals surface area contributed by atoms with Gasteiger partial charge in [0, 0.05) is 22.3 Å². The molecule has 0 spiro atoms. The van der Waals surface area contributed by atoms with E-state index in [-0.39, 0.29) is 22.1 Å². The molecule has 3 N–H and O–H groups in total. The standard InChI is InChI=1S/C12H15ClF3N3O/c1-7(2)19(6-12(14,15)16)10-4-3-8(13)5-9(10)11(17)18-20/h3-5,7,20H,6H2,1-2H3,(H2,17,18). The number of amidine groups is 1. The molecule has 0 aliphatic rings. The van der Waals surface area contributed by atoms with Crippen molar-refractivity contribution in [1.82, 2.24) is 0 Å². The number of hydrogen-bond acceptors (Lipinski definition) is 3. The number of nitrogens with zero attached hydrogens (tertiary/aromatic N) is 2. The van der Waals surface area contributed by atoms with E-state index in [0.717, 1.165) is 4.90 Å². The first-order valence-corrected chi connectivity index (χ1v) is 6.14. The van der Waals surface area contributed by atoms with Crippen LogP contribution in [0.1, 0.15) is 19.4 Å². The zero-order chi connectivity index (χ0) is 15.5. The van der Waals surface area contributed by atoms with Gasteiger partial charge in [0.1, 0.15) is 6.54 Å². The third-order valence-corrected chi connectivity index (χ3v) is 2.86. The summed E-state index contributed by atoms with van der Waals surface area (Å²) >= 11 is 5.80. The maximum atomic E-state index is 12.7. The van der Waals surface area contributed by atoms with E-state index in [1.807, 2.05) is 0 Å². The van der Waals surface area contributed by atoms with E-state index in [1.165, 1.54) is 18.2 Å². The number of halogens is 4. The summed E-state index contributed by atoms with van der Waals surface area (Å²) in [6.07, 6.45) is -4.37. The second-order valence-electron chi connectivity index (χ2n) is 4.48. The van der Waals surface area contributed by atoms with E-state index < -0.39 is 18.8 Å². The first-order valence-electron chi connectivity index (χ1n) is 5.76. The highest BCUT2D eigenvalue weighted by molar-refractivity contribution is 6.31. The molecule has 1 aromatic rings. The Hall–Kier alpha value is -1.63. The molecular formula is C12H15ClF3N3O. The molecule has 0 amide bonds. The van der Waals surface area contributed by atoms with Gasteiger partial charge in [-0.15, -0.1) is 0 Å². The molecule has 1 aromatic carbocycles. The Morgan fingerprint density at radius 3 is 2.50 bits per heavy atom. The lowest BCUT2D eigenvalue weighted by atomic mass is 10.1. The summed E-state index contributed by atoms with van der Waals surface area (Å²) in [5.74, 6) is -0.296. The molecule has 1 rings (SSSR count). The highest BCUT2D eigenvalue weighted by Crippen LogP contribution is 2.29. The number of nitrogens with two attached hydrogens (primary N) is 1. The molecule has 0 aliphatic heterocycles. The molecule has 0 saturated heterocycles. The number of oxime groups is 1. The Kier molecular flexibility index (Phi) is 5.10. The Morgan fingerprint density at radius 1 is 1.45 bits per heavy atom. The van der Waals surface area contributed by atoms with Crippen molar-refractivity contribution < 1.29 is 18.4 Å². The van der Waals surface area contributed by atoms with Crippen LogP contribution in [0, 0.1) is 0 Å². The second-order valence-corrected chi connectivity index (χ2v) is 4.92. The van der Waals surface area contributed by atoms with Crippen LogP contribution in [0.25, 0.3) is 0 Å². The van der Waals surface area contributed by atoms with Gasteiger partial charge in [-0.3, -0.25) is 0 Å². The molecule has 0 atom stereocenters. The Morgan fingerprint density at radius 2 is 2.05 bits per heavy atom. The largest absolute Gasteiger partial charge is 0.409 e. The van der Waals surface area contributed by atoms with Crippen LogP contribution in [-0.2, 0) is 0 Å². The van der Waals surface area contributed by atoms with Gasteiger partial charge in [0.05, 0.1) is 0 Å². The van der Waals surface area contributed by atoms with E-state index in [2.05, 4.69) is 5.16 Å². The number of alkyl halides is 3.